The second-order valence-electron chi connectivity index (χ2n) is 8.49. The largest absolute Gasteiger partial charge is 0.501 e. The van der Waals surface area contributed by atoms with Crippen molar-refractivity contribution in [1.82, 2.24) is 9.88 Å². The number of nitrogens with zero attached hydrogens (tertiary/aromatic N) is 3. The highest BCUT2D eigenvalue weighted by molar-refractivity contribution is 7.92. The minimum absolute atomic E-state index is 0.0679. The monoisotopic (exact) mass is 536 g/mol. The average molecular weight is 536 g/mol. The highest BCUT2D eigenvalue weighted by Crippen LogP contribution is 2.35. The number of hydrogen-bond donors (Lipinski definition) is 1. The number of aromatic nitrogens is 1. The number of furan rings is 1. The van der Waals surface area contributed by atoms with Gasteiger partial charge in [0.1, 0.15) is 11.4 Å². The summed E-state index contributed by atoms with van der Waals surface area (Å²) in [4.78, 5) is 43.6. The number of carbonyl (C=O) groups excluding carboxylic acids is 3. The third kappa shape index (κ3) is 4.67. The predicted octanol–water partition coefficient (Wildman–Crippen LogP) is 3.97. The van der Waals surface area contributed by atoms with Crippen molar-refractivity contribution in [2.45, 2.75) is 36.3 Å². The van der Waals surface area contributed by atoms with E-state index in [1.165, 1.54) is 43.3 Å². The Bertz CT molecular complexity index is 1470. The third-order valence-electron chi connectivity index (χ3n) is 5.68. The van der Waals surface area contributed by atoms with Crippen LogP contribution in [0, 0.1) is 0 Å². The average Bonchev–Trinajstić information content (AvgIpc) is 3.42. The molecule has 0 spiro atoms. The van der Waals surface area contributed by atoms with Gasteiger partial charge in [0.25, 0.3) is 21.7 Å². The molecule has 0 unspecified atom stereocenters. The number of rotatable bonds is 6. The molecule has 3 aromatic rings. The summed E-state index contributed by atoms with van der Waals surface area (Å²) in [6, 6.07) is 8.63. The lowest BCUT2D eigenvalue weighted by Gasteiger charge is -2.27. The van der Waals surface area contributed by atoms with Crippen LogP contribution in [0.2, 0.25) is 0 Å². The maximum Gasteiger partial charge on any atom is 0.501 e. The molecule has 37 heavy (non-hydrogen) atoms. The molecule has 0 atom stereocenters. The predicted molar refractivity (Wildman–Crippen MR) is 123 cm³/mol. The molecule has 1 N–H and O–H groups in total. The zero-order chi connectivity index (χ0) is 27.2. The summed E-state index contributed by atoms with van der Waals surface area (Å²) in [5.41, 5.74) is -6.41. The van der Waals surface area contributed by atoms with Gasteiger partial charge in [-0.05, 0) is 67.9 Å². The molecule has 3 heterocycles. The summed E-state index contributed by atoms with van der Waals surface area (Å²) in [7, 11) is -5.59. The number of alkyl halides is 3. The maximum absolute atomic E-state index is 13.2. The van der Waals surface area contributed by atoms with Crippen LogP contribution >= 0.6 is 0 Å². The Morgan fingerprint density at radius 2 is 1.78 bits per heavy atom. The van der Waals surface area contributed by atoms with Gasteiger partial charge in [0.2, 0.25) is 0 Å². The van der Waals surface area contributed by atoms with E-state index >= 15 is 0 Å². The van der Waals surface area contributed by atoms with Crippen LogP contribution < -0.4 is 10.2 Å². The molecule has 4 amide bonds. The van der Waals surface area contributed by atoms with E-state index in [1.54, 1.807) is 12.1 Å². The van der Waals surface area contributed by atoms with Gasteiger partial charge in [-0.25, -0.2) is 23.1 Å². The van der Waals surface area contributed by atoms with E-state index in [0.29, 0.717) is 17.7 Å². The van der Waals surface area contributed by atoms with Crippen molar-refractivity contribution in [3.05, 3.63) is 72.3 Å². The molecule has 194 valence electrons. The molecule has 1 saturated heterocycles. The Balaban J connectivity index is 1.56. The summed E-state index contributed by atoms with van der Waals surface area (Å²) in [6.45, 7) is 2.92. The number of anilines is 2. The van der Waals surface area contributed by atoms with Crippen LogP contribution in [0.5, 0.6) is 0 Å². The number of nitrogens with one attached hydrogen (secondary N) is 1. The Hall–Kier alpha value is -4.20. The van der Waals surface area contributed by atoms with Crippen molar-refractivity contribution in [2.75, 3.05) is 10.2 Å². The number of hydrogen-bond acceptors (Lipinski definition) is 7. The lowest BCUT2D eigenvalue weighted by atomic mass is 10.0. The first kappa shape index (κ1) is 25.9. The Morgan fingerprint density at radius 1 is 1.11 bits per heavy atom. The molecular formula is C23H19F3N4O6S. The first-order valence-corrected chi connectivity index (χ1v) is 12.1. The van der Waals surface area contributed by atoms with Crippen LogP contribution in [-0.4, -0.2) is 47.2 Å². The number of urea groups is 1. The number of carbonyl (C=O) groups is 3. The van der Waals surface area contributed by atoms with Gasteiger partial charge in [-0.15, -0.1) is 0 Å². The van der Waals surface area contributed by atoms with Crippen molar-refractivity contribution < 1.29 is 40.4 Å². The molecule has 0 bridgehead atoms. The molecule has 2 aromatic heterocycles. The van der Waals surface area contributed by atoms with Crippen LogP contribution in [0.1, 0.15) is 30.0 Å². The Morgan fingerprint density at radius 3 is 2.38 bits per heavy atom. The highest BCUT2D eigenvalue weighted by atomic mass is 32.2. The van der Waals surface area contributed by atoms with E-state index in [1.807, 2.05) is 0 Å². The lowest BCUT2D eigenvalue weighted by Crippen LogP contribution is -2.43. The van der Waals surface area contributed by atoms with Crippen LogP contribution in [0.15, 0.2) is 70.3 Å². The molecule has 1 aliphatic rings. The van der Waals surface area contributed by atoms with Crippen molar-refractivity contribution in [3.8, 4) is 0 Å². The highest BCUT2D eigenvalue weighted by Gasteiger charge is 2.52. The zero-order valence-corrected chi connectivity index (χ0v) is 20.1. The van der Waals surface area contributed by atoms with E-state index in [2.05, 4.69) is 10.3 Å². The van der Waals surface area contributed by atoms with Crippen LogP contribution in [0.4, 0.5) is 29.5 Å². The van der Waals surface area contributed by atoms with E-state index in [-0.39, 0.29) is 23.8 Å². The minimum Gasteiger partial charge on any atom is -0.459 e. The zero-order valence-electron chi connectivity index (χ0n) is 19.3. The maximum atomic E-state index is 13.2. The summed E-state index contributed by atoms with van der Waals surface area (Å²) in [5, 5.41) is 2.56. The van der Waals surface area contributed by atoms with Gasteiger partial charge in [0.05, 0.1) is 16.8 Å². The number of amides is 4. The molecular weight excluding hydrogens is 517 g/mol. The fourth-order valence-corrected chi connectivity index (χ4v) is 4.41. The van der Waals surface area contributed by atoms with Crippen molar-refractivity contribution in [2.24, 2.45) is 0 Å². The van der Waals surface area contributed by atoms with Gasteiger partial charge in [0.15, 0.2) is 5.76 Å². The fourth-order valence-electron chi connectivity index (χ4n) is 3.65. The smallest absolute Gasteiger partial charge is 0.459 e. The molecule has 0 saturated carbocycles. The molecule has 1 fully saturated rings. The van der Waals surface area contributed by atoms with Crippen molar-refractivity contribution in [1.29, 1.82) is 0 Å². The normalized spacial score (nSPS) is 15.8. The number of imide groups is 1. The number of sulfone groups is 1. The second-order valence-corrected chi connectivity index (χ2v) is 10.4. The molecule has 1 aliphatic heterocycles. The topological polar surface area (TPSA) is 130 Å². The van der Waals surface area contributed by atoms with Gasteiger partial charge in [-0.1, -0.05) is 0 Å². The van der Waals surface area contributed by atoms with Crippen molar-refractivity contribution >= 4 is 39.2 Å². The minimum atomic E-state index is -5.59. The second kappa shape index (κ2) is 9.03. The van der Waals surface area contributed by atoms with Gasteiger partial charge < -0.3 is 14.6 Å². The van der Waals surface area contributed by atoms with Crippen LogP contribution in [0.25, 0.3) is 0 Å². The third-order valence-corrected chi connectivity index (χ3v) is 7.19. The first-order chi connectivity index (χ1) is 17.2. The van der Waals surface area contributed by atoms with Crippen LogP contribution in [0.3, 0.4) is 0 Å². The first-order valence-electron chi connectivity index (χ1n) is 10.6. The molecule has 4 rings (SSSR count). The Kier molecular flexibility index (Phi) is 6.32. The van der Waals surface area contributed by atoms with Crippen LogP contribution in [-0.2, 0) is 21.2 Å². The standard InChI is InChI=1S/C23H19F3N4O6S/c1-22(2)20(32)30(15-5-7-16(8-6-15)37(34,35)23(24,25)26)21(33)29(22)13-14-9-10-27-18(12-14)28-19(31)17-4-3-11-36-17/h3-12H,13H2,1-2H3,(H,27,28,31). The number of halogens is 3. The van der Waals surface area contributed by atoms with Crippen molar-refractivity contribution in [3.63, 3.8) is 0 Å². The summed E-state index contributed by atoms with van der Waals surface area (Å²) < 4.78 is 66.8. The number of benzene rings is 1. The molecule has 0 aliphatic carbocycles. The Labute approximate surface area is 208 Å². The fraction of sp³-hybridized carbons (Fsp3) is 0.217. The summed E-state index contributed by atoms with van der Waals surface area (Å²) in [5.74, 6) is -0.958. The van der Waals surface area contributed by atoms with E-state index in [4.69, 9.17) is 4.42 Å². The SMILES string of the molecule is CC1(C)C(=O)N(c2ccc(S(=O)(=O)C(F)(F)F)cc2)C(=O)N1Cc1ccnc(NC(=O)c2ccco2)c1. The quantitative estimate of drug-likeness (QED) is 0.472. The molecule has 0 radical (unpaired) electrons. The molecule has 10 nitrogen and oxygen atoms in total. The lowest BCUT2D eigenvalue weighted by molar-refractivity contribution is -0.123. The van der Waals surface area contributed by atoms with Gasteiger partial charge >= 0.3 is 11.5 Å². The van der Waals surface area contributed by atoms with Gasteiger partial charge in [-0.2, -0.15) is 13.2 Å². The van der Waals surface area contributed by atoms with Gasteiger partial charge in [0, 0.05) is 12.7 Å². The molecule has 14 heteroatoms. The number of pyridine rings is 1. The molecule has 1 aromatic carbocycles. The van der Waals surface area contributed by atoms with E-state index < -0.39 is 43.6 Å². The van der Waals surface area contributed by atoms with E-state index in [0.717, 1.165) is 17.0 Å². The summed E-state index contributed by atoms with van der Waals surface area (Å²) in [6.07, 6.45) is 2.74. The van der Waals surface area contributed by atoms with Gasteiger partial charge in [-0.3, -0.25) is 9.59 Å². The summed E-state index contributed by atoms with van der Waals surface area (Å²) >= 11 is 0. The van der Waals surface area contributed by atoms with E-state index in [9.17, 15) is 36.0 Å².